The summed E-state index contributed by atoms with van der Waals surface area (Å²) in [6.07, 6.45) is -5.63. The average Bonchev–Trinajstić information content (AvgIpc) is 3.00. The number of rotatable bonds is 5. The molecule has 0 spiro atoms. The van der Waals surface area contributed by atoms with Crippen LogP contribution in [0.2, 0.25) is 0 Å². The Morgan fingerprint density at radius 1 is 1.29 bits per heavy atom. The lowest BCUT2D eigenvalue weighted by Crippen LogP contribution is -2.71. The van der Waals surface area contributed by atoms with Crippen LogP contribution in [0.5, 0.6) is 5.95 Å². The van der Waals surface area contributed by atoms with Crippen molar-refractivity contribution >= 4 is 5.78 Å². The highest BCUT2D eigenvalue weighted by molar-refractivity contribution is 5.88. The Morgan fingerprint density at radius 3 is 2.52 bits per heavy atom. The van der Waals surface area contributed by atoms with E-state index < -0.39 is 49.2 Å². The molecule has 21 heavy (non-hydrogen) atoms. The van der Waals surface area contributed by atoms with E-state index in [-0.39, 0.29) is 5.95 Å². The Hall–Kier alpha value is -1.49. The van der Waals surface area contributed by atoms with Gasteiger partial charge in [-0.15, -0.1) is 0 Å². The maximum Gasteiger partial charge on any atom is 0.305 e. The summed E-state index contributed by atoms with van der Waals surface area (Å²) >= 11 is 0. The van der Waals surface area contributed by atoms with Gasteiger partial charge < -0.3 is 39.4 Å². The molecule has 5 atom stereocenters. The highest BCUT2D eigenvalue weighted by Gasteiger charge is 2.60. The lowest BCUT2D eigenvalue weighted by atomic mass is 9.90. The van der Waals surface area contributed by atoms with Crippen LogP contribution in [0.1, 0.15) is 0 Å². The molecule has 0 amide bonds. The first-order chi connectivity index (χ1) is 9.96. The van der Waals surface area contributed by atoms with Crippen LogP contribution in [0, 0.1) is 0 Å². The number of hydrogen-bond acceptors (Lipinski definition) is 9. The first-order valence-electron chi connectivity index (χ1n) is 6.15. The Bertz CT molecular complexity index is 471. The summed E-state index contributed by atoms with van der Waals surface area (Å²) in [6.45, 7) is -1.80. The fraction of sp³-hybridized carbons (Fsp3) is 0.583. The highest BCUT2D eigenvalue weighted by atomic mass is 16.8. The summed E-state index contributed by atoms with van der Waals surface area (Å²) in [4.78, 5) is 12.0. The van der Waals surface area contributed by atoms with Gasteiger partial charge in [-0.05, 0) is 6.07 Å². The van der Waals surface area contributed by atoms with E-state index in [2.05, 4.69) is 0 Å². The maximum atomic E-state index is 12.0. The molecule has 1 fully saturated rings. The minimum Gasteiger partial charge on any atom is -0.434 e. The molecular formula is C12H16O9. The first kappa shape index (κ1) is 15.9. The standard InChI is InChI=1S/C12H16O9/c13-4-6-9(16)10(17)11(18)12(20-6,7(15)5-14)21-8-2-1-3-19-8/h1-3,6,9-11,13-14,16-18H,4-5H2/t6-,9-,10+,11-,12+/m1/s1. The van der Waals surface area contributed by atoms with Gasteiger partial charge >= 0.3 is 5.79 Å². The molecule has 9 heteroatoms. The Morgan fingerprint density at radius 2 is 2.00 bits per heavy atom. The van der Waals surface area contributed by atoms with E-state index in [9.17, 15) is 20.1 Å². The number of carbonyl (C=O) groups is 1. The molecule has 0 bridgehead atoms. The van der Waals surface area contributed by atoms with Crippen molar-refractivity contribution in [1.29, 1.82) is 0 Å². The van der Waals surface area contributed by atoms with Gasteiger partial charge in [0.25, 0.3) is 5.95 Å². The molecule has 0 saturated carbocycles. The van der Waals surface area contributed by atoms with E-state index in [1.54, 1.807) is 0 Å². The predicted molar refractivity (Wildman–Crippen MR) is 64.1 cm³/mol. The molecule has 9 nitrogen and oxygen atoms in total. The van der Waals surface area contributed by atoms with Gasteiger partial charge in [-0.1, -0.05) is 0 Å². The molecule has 1 aliphatic heterocycles. The SMILES string of the molecule is O=C(CO)[C@@]1(Oc2ccco2)O[C@H](CO)[C@@H](O)[C@H](O)[C@H]1O. The monoisotopic (exact) mass is 304 g/mol. The number of ether oxygens (including phenoxy) is 2. The summed E-state index contributed by atoms with van der Waals surface area (Å²) in [7, 11) is 0. The molecule has 2 heterocycles. The summed E-state index contributed by atoms with van der Waals surface area (Å²) in [6, 6.07) is 2.75. The van der Waals surface area contributed by atoms with Crippen LogP contribution in [-0.4, -0.2) is 74.7 Å². The summed E-state index contributed by atoms with van der Waals surface area (Å²) in [5.41, 5.74) is 0. The van der Waals surface area contributed by atoms with Crippen molar-refractivity contribution in [3.05, 3.63) is 18.4 Å². The minimum atomic E-state index is -2.50. The topological polar surface area (TPSA) is 150 Å². The van der Waals surface area contributed by atoms with Crippen LogP contribution in [-0.2, 0) is 9.53 Å². The van der Waals surface area contributed by atoms with Crippen LogP contribution in [0.3, 0.4) is 0 Å². The molecule has 5 N–H and O–H groups in total. The number of Topliss-reactive ketones (excluding diaryl/α,β-unsaturated/α-hetero) is 1. The van der Waals surface area contributed by atoms with Crippen molar-refractivity contribution in [1.82, 2.24) is 0 Å². The number of hydrogen-bond donors (Lipinski definition) is 5. The first-order valence-corrected chi connectivity index (χ1v) is 6.15. The molecule has 0 unspecified atom stereocenters. The van der Waals surface area contributed by atoms with E-state index in [0.717, 1.165) is 0 Å². The summed E-state index contributed by atoms with van der Waals surface area (Å²) in [5, 5.41) is 47.8. The van der Waals surface area contributed by atoms with Crippen LogP contribution < -0.4 is 4.74 Å². The lowest BCUT2D eigenvalue weighted by molar-refractivity contribution is -0.323. The quantitative estimate of drug-likeness (QED) is 0.394. The summed E-state index contributed by atoms with van der Waals surface area (Å²) < 4.78 is 15.2. The van der Waals surface area contributed by atoms with Crippen molar-refractivity contribution in [2.24, 2.45) is 0 Å². The van der Waals surface area contributed by atoms with Crippen LogP contribution >= 0.6 is 0 Å². The van der Waals surface area contributed by atoms with E-state index in [1.807, 2.05) is 0 Å². The third-order valence-corrected chi connectivity index (χ3v) is 3.23. The average molecular weight is 304 g/mol. The van der Waals surface area contributed by atoms with Gasteiger partial charge in [0.05, 0.1) is 12.9 Å². The molecule has 1 aromatic heterocycles. The van der Waals surface area contributed by atoms with Gasteiger partial charge in [0, 0.05) is 6.07 Å². The second-order valence-corrected chi connectivity index (χ2v) is 4.55. The molecule has 118 valence electrons. The number of aliphatic hydroxyl groups excluding tert-OH is 5. The van der Waals surface area contributed by atoms with Crippen LogP contribution in [0.15, 0.2) is 22.8 Å². The van der Waals surface area contributed by atoms with Gasteiger partial charge in [-0.3, -0.25) is 4.79 Å². The molecule has 1 aliphatic rings. The van der Waals surface area contributed by atoms with Crippen molar-refractivity contribution in [2.75, 3.05) is 13.2 Å². The van der Waals surface area contributed by atoms with E-state index >= 15 is 0 Å². The van der Waals surface area contributed by atoms with Crippen molar-refractivity contribution in [3.8, 4) is 5.95 Å². The van der Waals surface area contributed by atoms with Crippen LogP contribution in [0.25, 0.3) is 0 Å². The Labute approximate surface area is 118 Å². The van der Waals surface area contributed by atoms with Crippen molar-refractivity contribution < 1.29 is 44.2 Å². The minimum absolute atomic E-state index is 0.212. The van der Waals surface area contributed by atoms with E-state index in [0.29, 0.717) is 0 Å². The van der Waals surface area contributed by atoms with E-state index in [1.165, 1.54) is 18.4 Å². The Kier molecular flexibility index (Phi) is 4.61. The molecule has 0 radical (unpaired) electrons. The zero-order chi connectivity index (χ0) is 15.6. The normalized spacial score (nSPS) is 36.4. The third kappa shape index (κ3) is 2.67. The number of ketones is 1. The zero-order valence-corrected chi connectivity index (χ0v) is 10.8. The summed E-state index contributed by atoms with van der Waals surface area (Å²) in [5.74, 6) is -3.81. The third-order valence-electron chi connectivity index (χ3n) is 3.23. The lowest BCUT2D eigenvalue weighted by Gasteiger charge is -2.45. The smallest absolute Gasteiger partial charge is 0.305 e. The number of aliphatic hydroxyl groups is 5. The maximum absolute atomic E-state index is 12.0. The number of carbonyl (C=O) groups excluding carboxylic acids is 1. The predicted octanol–water partition coefficient (Wildman–Crippen LogP) is -2.61. The molecule has 2 rings (SSSR count). The van der Waals surface area contributed by atoms with Crippen molar-refractivity contribution in [3.63, 3.8) is 0 Å². The van der Waals surface area contributed by atoms with Crippen LogP contribution in [0.4, 0.5) is 0 Å². The molecule has 0 aromatic carbocycles. The van der Waals surface area contributed by atoms with Gasteiger partial charge in [0.1, 0.15) is 24.9 Å². The van der Waals surface area contributed by atoms with E-state index in [4.69, 9.17) is 24.1 Å². The van der Waals surface area contributed by atoms with Crippen molar-refractivity contribution in [2.45, 2.75) is 30.2 Å². The van der Waals surface area contributed by atoms with Gasteiger partial charge in [0.2, 0.25) is 5.78 Å². The number of furan rings is 1. The Balaban J connectivity index is 2.39. The molecule has 0 aliphatic carbocycles. The molecule has 1 saturated heterocycles. The zero-order valence-electron chi connectivity index (χ0n) is 10.8. The highest BCUT2D eigenvalue weighted by Crippen LogP contribution is 2.33. The van der Waals surface area contributed by atoms with Gasteiger partial charge in [0.15, 0.2) is 6.10 Å². The fourth-order valence-corrected chi connectivity index (χ4v) is 2.09. The van der Waals surface area contributed by atoms with Gasteiger partial charge in [-0.2, -0.15) is 0 Å². The fourth-order valence-electron chi connectivity index (χ4n) is 2.09. The second-order valence-electron chi connectivity index (χ2n) is 4.55. The van der Waals surface area contributed by atoms with Gasteiger partial charge in [-0.25, -0.2) is 0 Å². The second kappa shape index (κ2) is 6.10. The molecule has 1 aromatic rings. The largest absolute Gasteiger partial charge is 0.434 e. The molecular weight excluding hydrogens is 288 g/mol.